The van der Waals surface area contributed by atoms with Gasteiger partial charge in [0.1, 0.15) is 0 Å². The quantitative estimate of drug-likeness (QED) is 0.678. The summed E-state index contributed by atoms with van der Waals surface area (Å²) in [6.45, 7) is 8.53. The standard InChI is InChI=1S/C19H36N2/c1-16(2)18-10-8-17(9-11-18)15-20(3)14-12-19-7-5-6-13-21(19)4/h10,16-17,19H,5-9,11-15H2,1-4H3. The van der Waals surface area contributed by atoms with Crippen LogP contribution in [0.4, 0.5) is 0 Å². The Balaban J connectivity index is 1.67. The molecule has 1 aliphatic carbocycles. The Morgan fingerprint density at radius 1 is 1.29 bits per heavy atom. The highest BCUT2D eigenvalue weighted by atomic mass is 15.1. The van der Waals surface area contributed by atoms with Crippen LogP contribution in [0.15, 0.2) is 11.6 Å². The maximum absolute atomic E-state index is 2.58. The molecule has 2 rings (SSSR count). The molecule has 122 valence electrons. The van der Waals surface area contributed by atoms with Crippen LogP contribution < -0.4 is 0 Å². The number of allylic oxidation sites excluding steroid dienone is 2. The van der Waals surface area contributed by atoms with Gasteiger partial charge in [0, 0.05) is 12.6 Å². The third-order valence-corrected chi connectivity index (χ3v) is 5.63. The van der Waals surface area contributed by atoms with E-state index in [-0.39, 0.29) is 0 Å². The molecule has 2 aliphatic rings. The molecule has 2 heteroatoms. The maximum atomic E-state index is 2.58. The predicted molar refractivity (Wildman–Crippen MR) is 92.6 cm³/mol. The molecule has 1 fully saturated rings. The van der Waals surface area contributed by atoms with E-state index in [0.717, 1.165) is 17.9 Å². The van der Waals surface area contributed by atoms with E-state index in [1.165, 1.54) is 64.6 Å². The summed E-state index contributed by atoms with van der Waals surface area (Å²) in [4.78, 5) is 5.16. The molecule has 0 aromatic rings. The lowest BCUT2D eigenvalue weighted by Crippen LogP contribution is -2.39. The summed E-state index contributed by atoms with van der Waals surface area (Å²) in [5.41, 5.74) is 1.69. The van der Waals surface area contributed by atoms with Crippen molar-refractivity contribution < 1.29 is 0 Å². The van der Waals surface area contributed by atoms with Crippen LogP contribution in [0.25, 0.3) is 0 Å². The molecule has 21 heavy (non-hydrogen) atoms. The number of hydrogen-bond donors (Lipinski definition) is 0. The van der Waals surface area contributed by atoms with Gasteiger partial charge < -0.3 is 9.80 Å². The van der Waals surface area contributed by atoms with E-state index in [2.05, 4.69) is 43.8 Å². The largest absolute Gasteiger partial charge is 0.306 e. The summed E-state index contributed by atoms with van der Waals surface area (Å²) in [5.74, 6) is 1.65. The minimum absolute atomic E-state index is 0.755. The van der Waals surface area contributed by atoms with Crippen LogP contribution in [-0.4, -0.2) is 49.6 Å². The average molecular weight is 293 g/mol. The molecule has 0 bridgehead atoms. The van der Waals surface area contributed by atoms with Gasteiger partial charge in [-0.2, -0.15) is 0 Å². The summed E-state index contributed by atoms with van der Waals surface area (Å²) in [6.07, 6.45) is 12.2. The zero-order valence-electron chi connectivity index (χ0n) is 14.8. The van der Waals surface area contributed by atoms with Crippen molar-refractivity contribution in [2.75, 3.05) is 33.7 Å². The van der Waals surface area contributed by atoms with E-state index >= 15 is 0 Å². The van der Waals surface area contributed by atoms with Gasteiger partial charge in [-0.3, -0.25) is 0 Å². The number of rotatable bonds is 6. The van der Waals surface area contributed by atoms with Crippen LogP contribution in [-0.2, 0) is 0 Å². The second kappa shape index (κ2) is 8.33. The highest BCUT2D eigenvalue weighted by Crippen LogP contribution is 2.28. The van der Waals surface area contributed by atoms with Crippen LogP contribution in [0.2, 0.25) is 0 Å². The molecule has 0 amide bonds. The van der Waals surface area contributed by atoms with Gasteiger partial charge in [-0.25, -0.2) is 0 Å². The minimum atomic E-state index is 0.755. The number of likely N-dealkylation sites (tertiary alicyclic amines) is 1. The Bertz CT molecular complexity index is 334. The van der Waals surface area contributed by atoms with Crippen molar-refractivity contribution in [1.29, 1.82) is 0 Å². The zero-order valence-corrected chi connectivity index (χ0v) is 14.8. The number of piperidine rings is 1. The third kappa shape index (κ3) is 5.41. The van der Waals surface area contributed by atoms with Crippen molar-refractivity contribution in [3.05, 3.63) is 11.6 Å². The first-order valence-corrected chi connectivity index (χ1v) is 9.14. The van der Waals surface area contributed by atoms with Crippen molar-refractivity contribution in [2.45, 2.75) is 64.8 Å². The lowest BCUT2D eigenvalue weighted by molar-refractivity contribution is 0.155. The Labute approximate surface area is 132 Å². The SMILES string of the molecule is CC(C)C1=CCC(CN(C)CCC2CCCCN2C)CC1. The van der Waals surface area contributed by atoms with Gasteiger partial charge >= 0.3 is 0 Å². The first-order chi connectivity index (χ1) is 10.1. The van der Waals surface area contributed by atoms with E-state index in [1.54, 1.807) is 5.57 Å². The van der Waals surface area contributed by atoms with Crippen LogP contribution >= 0.6 is 0 Å². The molecule has 1 heterocycles. The summed E-state index contributed by atoms with van der Waals surface area (Å²) >= 11 is 0. The van der Waals surface area contributed by atoms with Gasteiger partial charge in [0.25, 0.3) is 0 Å². The molecule has 0 aromatic carbocycles. The zero-order chi connectivity index (χ0) is 15.2. The van der Waals surface area contributed by atoms with E-state index < -0.39 is 0 Å². The van der Waals surface area contributed by atoms with E-state index in [9.17, 15) is 0 Å². The van der Waals surface area contributed by atoms with Crippen LogP contribution in [0, 0.1) is 11.8 Å². The van der Waals surface area contributed by atoms with Gasteiger partial charge in [-0.1, -0.05) is 31.9 Å². The Morgan fingerprint density at radius 2 is 2.10 bits per heavy atom. The molecule has 2 unspecified atom stereocenters. The van der Waals surface area contributed by atoms with Crippen LogP contribution in [0.1, 0.15) is 58.8 Å². The van der Waals surface area contributed by atoms with Gasteiger partial charge in [0.2, 0.25) is 0 Å². The first kappa shape index (κ1) is 17.0. The van der Waals surface area contributed by atoms with Gasteiger partial charge in [-0.15, -0.1) is 0 Å². The molecule has 0 radical (unpaired) electrons. The maximum Gasteiger partial charge on any atom is 0.0104 e. The Morgan fingerprint density at radius 3 is 2.71 bits per heavy atom. The molecular weight excluding hydrogens is 256 g/mol. The molecular formula is C19H36N2. The topological polar surface area (TPSA) is 6.48 Å². The second-order valence-corrected chi connectivity index (χ2v) is 7.76. The highest BCUT2D eigenvalue weighted by molar-refractivity contribution is 5.08. The molecule has 1 saturated heterocycles. The lowest BCUT2D eigenvalue weighted by atomic mass is 9.85. The summed E-state index contributed by atoms with van der Waals surface area (Å²) < 4.78 is 0. The van der Waals surface area contributed by atoms with Gasteiger partial charge in [-0.05, 0) is 77.5 Å². The molecule has 1 aliphatic heterocycles. The van der Waals surface area contributed by atoms with E-state index in [1.807, 2.05) is 0 Å². The third-order valence-electron chi connectivity index (χ3n) is 5.63. The van der Waals surface area contributed by atoms with Crippen molar-refractivity contribution in [3.63, 3.8) is 0 Å². The fraction of sp³-hybridized carbons (Fsp3) is 0.895. The molecule has 0 saturated carbocycles. The highest BCUT2D eigenvalue weighted by Gasteiger charge is 2.21. The minimum Gasteiger partial charge on any atom is -0.306 e. The van der Waals surface area contributed by atoms with Crippen molar-refractivity contribution in [2.24, 2.45) is 11.8 Å². The monoisotopic (exact) mass is 292 g/mol. The molecule has 0 N–H and O–H groups in total. The summed E-state index contributed by atoms with van der Waals surface area (Å²) in [7, 11) is 4.63. The van der Waals surface area contributed by atoms with E-state index in [0.29, 0.717) is 0 Å². The lowest BCUT2D eigenvalue weighted by Gasteiger charge is -2.34. The Kier molecular flexibility index (Phi) is 6.75. The summed E-state index contributed by atoms with van der Waals surface area (Å²) in [5, 5.41) is 0. The first-order valence-electron chi connectivity index (χ1n) is 9.14. The second-order valence-electron chi connectivity index (χ2n) is 7.76. The number of nitrogens with zero attached hydrogens (tertiary/aromatic N) is 2. The summed E-state index contributed by atoms with van der Waals surface area (Å²) in [6, 6.07) is 0.833. The van der Waals surface area contributed by atoms with Crippen LogP contribution in [0.5, 0.6) is 0 Å². The average Bonchev–Trinajstić information content (AvgIpc) is 2.47. The molecule has 2 nitrogen and oxygen atoms in total. The van der Waals surface area contributed by atoms with E-state index in [4.69, 9.17) is 0 Å². The molecule has 0 aromatic heterocycles. The number of hydrogen-bond acceptors (Lipinski definition) is 2. The fourth-order valence-corrected chi connectivity index (χ4v) is 4.01. The normalized spacial score (nSPS) is 28.2. The van der Waals surface area contributed by atoms with Crippen molar-refractivity contribution >= 4 is 0 Å². The molecule has 2 atom stereocenters. The smallest absolute Gasteiger partial charge is 0.0104 e. The van der Waals surface area contributed by atoms with Crippen LogP contribution in [0.3, 0.4) is 0 Å². The van der Waals surface area contributed by atoms with Crippen molar-refractivity contribution in [3.8, 4) is 0 Å². The van der Waals surface area contributed by atoms with Gasteiger partial charge in [0.15, 0.2) is 0 Å². The van der Waals surface area contributed by atoms with Crippen molar-refractivity contribution in [1.82, 2.24) is 9.80 Å². The Hall–Kier alpha value is -0.340. The fourth-order valence-electron chi connectivity index (χ4n) is 4.01. The predicted octanol–water partition coefficient (Wildman–Crippen LogP) is 4.18. The molecule has 0 spiro atoms. The van der Waals surface area contributed by atoms with Gasteiger partial charge in [0.05, 0.1) is 0 Å².